The van der Waals surface area contributed by atoms with Crippen LogP contribution < -0.4 is 9.47 Å². The predicted octanol–water partition coefficient (Wildman–Crippen LogP) is 3.14. The van der Waals surface area contributed by atoms with Crippen LogP contribution in [-0.2, 0) is 0 Å². The second kappa shape index (κ2) is 9.53. The fourth-order valence-corrected chi connectivity index (χ4v) is 4.37. The van der Waals surface area contributed by atoms with Crippen molar-refractivity contribution in [1.82, 2.24) is 40.1 Å². The van der Waals surface area contributed by atoms with Gasteiger partial charge in [-0.15, -0.1) is 0 Å². The van der Waals surface area contributed by atoms with Gasteiger partial charge in [0.15, 0.2) is 5.82 Å². The van der Waals surface area contributed by atoms with Crippen molar-refractivity contribution in [1.29, 1.82) is 0 Å². The molecule has 1 unspecified atom stereocenters. The minimum absolute atomic E-state index is 0.146. The lowest BCUT2D eigenvalue weighted by Gasteiger charge is -2.24. The van der Waals surface area contributed by atoms with E-state index in [1.54, 1.807) is 31.8 Å². The number of hydrogen-bond acceptors (Lipinski definition) is 8. The number of methoxy groups -OCH3 is 1. The van der Waals surface area contributed by atoms with E-state index in [0.29, 0.717) is 53.2 Å². The van der Waals surface area contributed by atoms with Crippen LogP contribution in [0, 0.1) is 6.92 Å². The number of nitrogens with zero attached hydrogens (tertiary/aromatic N) is 7. The average molecular weight is 475 g/mol. The van der Waals surface area contributed by atoms with Gasteiger partial charge in [0.2, 0.25) is 5.88 Å². The van der Waals surface area contributed by atoms with Crippen molar-refractivity contribution in [3.05, 3.63) is 59.8 Å². The summed E-state index contributed by atoms with van der Waals surface area (Å²) >= 11 is 0. The first-order valence-electron chi connectivity index (χ1n) is 11.5. The Balaban J connectivity index is 1.49. The molecule has 0 saturated carbocycles. The zero-order valence-corrected chi connectivity index (χ0v) is 19.8. The maximum absolute atomic E-state index is 13.9. The lowest BCUT2D eigenvalue weighted by Crippen LogP contribution is -2.32. The summed E-state index contributed by atoms with van der Waals surface area (Å²) in [6.45, 7) is 4.90. The van der Waals surface area contributed by atoms with Crippen molar-refractivity contribution >= 4 is 5.91 Å². The van der Waals surface area contributed by atoms with Crippen LogP contribution in [0.25, 0.3) is 17.1 Å². The highest BCUT2D eigenvalue weighted by atomic mass is 16.5. The quantitative estimate of drug-likeness (QED) is 0.433. The largest absolute Gasteiger partial charge is 0.496 e. The lowest BCUT2D eigenvalue weighted by molar-refractivity contribution is 0.0729. The zero-order valence-electron chi connectivity index (χ0n) is 19.8. The number of ether oxygens (including phenoxy) is 2. The van der Waals surface area contributed by atoms with Crippen molar-refractivity contribution in [3.63, 3.8) is 0 Å². The van der Waals surface area contributed by atoms with Gasteiger partial charge in [0.25, 0.3) is 5.91 Å². The molecule has 1 saturated heterocycles. The molecule has 180 valence electrons. The van der Waals surface area contributed by atoms with Gasteiger partial charge in [-0.25, -0.2) is 9.97 Å². The molecule has 1 N–H and O–H groups in total. The maximum atomic E-state index is 13.9. The molecule has 0 spiro atoms. The van der Waals surface area contributed by atoms with Crippen LogP contribution in [0.15, 0.2) is 42.9 Å². The Kier molecular flexibility index (Phi) is 6.13. The van der Waals surface area contributed by atoms with Crippen molar-refractivity contribution in [3.8, 4) is 28.7 Å². The van der Waals surface area contributed by atoms with Crippen LogP contribution in [0.4, 0.5) is 0 Å². The van der Waals surface area contributed by atoms with E-state index in [2.05, 4.69) is 25.4 Å². The third-order valence-corrected chi connectivity index (χ3v) is 6.00. The number of aryl methyl sites for hydroxylation is 1. The van der Waals surface area contributed by atoms with E-state index in [1.165, 1.54) is 4.80 Å². The number of H-pyrrole nitrogens is 1. The van der Waals surface area contributed by atoms with Gasteiger partial charge in [-0.2, -0.15) is 20.1 Å². The van der Waals surface area contributed by atoms with Gasteiger partial charge < -0.3 is 14.4 Å². The normalized spacial score (nSPS) is 15.4. The summed E-state index contributed by atoms with van der Waals surface area (Å²) in [4.78, 5) is 26.1. The SMILES string of the molecule is CCOc1ncccc1-c1n[nH]c(C2CCCN2C(=O)c2cc(OC)c(C)cc2-n2nccn2)n1. The Morgan fingerprint density at radius 2 is 2.06 bits per heavy atom. The van der Waals surface area contributed by atoms with E-state index in [1.807, 2.05) is 36.9 Å². The van der Waals surface area contributed by atoms with Gasteiger partial charge >= 0.3 is 0 Å². The molecule has 11 heteroatoms. The number of pyridine rings is 1. The second-order valence-corrected chi connectivity index (χ2v) is 8.15. The minimum atomic E-state index is -0.248. The molecule has 1 amide bonds. The number of hydrogen-bond donors (Lipinski definition) is 1. The predicted molar refractivity (Wildman–Crippen MR) is 126 cm³/mol. The molecule has 35 heavy (non-hydrogen) atoms. The van der Waals surface area contributed by atoms with Crippen molar-refractivity contribution < 1.29 is 14.3 Å². The van der Waals surface area contributed by atoms with E-state index in [0.717, 1.165) is 18.4 Å². The van der Waals surface area contributed by atoms with Gasteiger partial charge in [-0.05, 0) is 56.5 Å². The number of aromatic amines is 1. The first kappa shape index (κ1) is 22.5. The summed E-state index contributed by atoms with van der Waals surface area (Å²) in [6.07, 6.45) is 6.45. The molecule has 1 aliphatic heterocycles. The zero-order chi connectivity index (χ0) is 24.4. The summed E-state index contributed by atoms with van der Waals surface area (Å²) in [5.74, 6) is 2.06. The summed E-state index contributed by atoms with van der Waals surface area (Å²) in [6, 6.07) is 7.05. The maximum Gasteiger partial charge on any atom is 0.256 e. The molecule has 0 radical (unpaired) electrons. The number of likely N-dealkylation sites (tertiary alicyclic amines) is 1. The Labute approximate surface area is 202 Å². The standard InChI is InChI=1S/C24H26N8O3/c1-4-35-23-16(7-5-9-25-23)21-28-22(30-29-21)18-8-6-12-31(18)24(33)17-14-20(34-3)15(2)13-19(17)32-26-10-11-27-32/h5,7,9-11,13-14,18H,4,6,8,12H2,1-3H3,(H,28,29,30). The molecule has 4 aromatic rings. The number of nitrogens with one attached hydrogen (secondary N) is 1. The molecule has 1 fully saturated rings. The average Bonchev–Trinajstić information content (AvgIpc) is 3.65. The topological polar surface area (TPSA) is 124 Å². The third-order valence-electron chi connectivity index (χ3n) is 6.00. The molecule has 1 aromatic carbocycles. The van der Waals surface area contributed by atoms with Crippen molar-refractivity contribution in [2.75, 3.05) is 20.3 Å². The number of carbonyl (C=O) groups excluding carboxylic acids is 1. The highest BCUT2D eigenvalue weighted by Gasteiger charge is 2.35. The Morgan fingerprint density at radius 1 is 1.23 bits per heavy atom. The molecule has 11 nitrogen and oxygen atoms in total. The van der Waals surface area contributed by atoms with Crippen LogP contribution in [0.2, 0.25) is 0 Å². The summed E-state index contributed by atoms with van der Waals surface area (Å²) in [7, 11) is 1.59. The number of amides is 1. The van der Waals surface area contributed by atoms with Gasteiger partial charge in [0.05, 0.1) is 49.0 Å². The second-order valence-electron chi connectivity index (χ2n) is 8.15. The Morgan fingerprint density at radius 3 is 2.83 bits per heavy atom. The number of carbonyl (C=O) groups is 1. The molecule has 1 atom stereocenters. The minimum Gasteiger partial charge on any atom is -0.496 e. The highest BCUT2D eigenvalue weighted by molar-refractivity contribution is 5.98. The van der Waals surface area contributed by atoms with E-state index in [4.69, 9.17) is 14.5 Å². The number of aromatic nitrogens is 7. The van der Waals surface area contributed by atoms with Gasteiger partial charge in [-0.3, -0.25) is 9.89 Å². The summed E-state index contributed by atoms with van der Waals surface area (Å²) in [5, 5.41) is 15.9. The van der Waals surface area contributed by atoms with Gasteiger partial charge in [0.1, 0.15) is 11.6 Å². The van der Waals surface area contributed by atoms with Crippen LogP contribution in [0.3, 0.4) is 0 Å². The first-order chi connectivity index (χ1) is 17.1. The monoisotopic (exact) mass is 474 g/mol. The number of benzene rings is 1. The molecule has 0 bridgehead atoms. The highest BCUT2D eigenvalue weighted by Crippen LogP contribution is 2.35. The smallest absolute Gasteiger partial charge is 0.256 e. The van der Waals surface area contributed by atoms with Crippen molar-refractivity contribution in [2.45, 2.75) is 32.7 Å². The van der Waals surface area contributed by atoms with Crippen LogP contribution in [0.1, 0.15) is 47.6 Å². The fourth-order valence-electron chi connectivity index (χ4n) is 4.37. The first-order valence-corrected chi connectivity index (χ1v) is 11.5. The fraction of sp³-hybridized carbons (Fsp3) is 0.333. The third kappa shape index (κ3) is 4.20. The lowest BCUT2D eigenvalue weighted by atomic mass is 10.1. The Hall–Kier alpha value is -4.28. The molecule has 0 aliphatic carbocycles. The molecule has 3 aromatic heterocycles. The van der Waals surface area contributed by atoms with Crippen LogP contribution >= 0.6 is 0 Å². The molecular formula is C24H26N8O3. The van der Waals surface area contributed by atoms with E-state index in [-0.39, 0.29) is 11.9 Å². The van der Waals surface area contributed by atoms with E-state index < -0.39 is 0 Å². The summed E-state index contributed by atoms with van der Waals surface area (Å²) in [5.41, 5.74) is 2.64. The van der Waals surface area contributed by atoms with E-state index >= 15 is 0 Å². The summed E-state index contributed by atoms with van der Waals surface area (Å²) < 4.78 is 11.1. The number of rotatable bonds is 7. The Bertz CT molecular complexity index is 1330. The molecular weight excluding hydrogens is 448 g/mol. The van der Waals surface area contributed by atoms with E-state index in [9.17, 15) is 4.79 Å². The van der Waals surface area contributed by atoms with Crippen LogP contribution in [0.5, 0.6) is 11.6 Å². The van der Waals surface area contributed by atoms with Crippen molar-refractivity contribution in [2.24, 2.45) is 0 Å². The molecule has 5 rings (SSSR count). The van der Waals surface area contributed by atoms with Gasteiger partial charge in [-0.1, -0.05) is 0 Å². The molecule has 1 aliphatic rings. The van der Waals surface area contributed by atoms with Crippen LogP contribution in [-0.4, -0.2) is 66.2 Å². The molecule has 4 heterocycles. The van der Waals surface area contributed by atoms with Gasteiger partial charge in [0, 0.05) is 12.7 Å².